The van der Waals surface area contributed by atoms with Gasteiger partial charge in [-0.25, -0.2) is 4.98 Å². The zero-order valence-electron chi connectivity index (χ0n) is 27.7. The third kappa shape index (κ3) is 4.98. The molecule has 0 radical (unpaired) electrons. The van der Waals surface area contributed by atoms with E-state index in [1.165, 1.54) is 60.8 Å². The summed E-state index contributed by atoms with van der Waals surface area (Å²) in [6.45, 7) is 4.75. The second kappa shape index (κ2) is 11.6. The number of fused-ring (bicyclic) bond motifs is 5. The second-order valence-corrected chi connectivity index (χ2v) is 13.6. The highest BCUT2D eigenvalue weighted by atomic mass is 14.7. The van der Waals surface area contributed by atoms with Crippen LogP contribution in [-0.2, 0) is 5.41 Å². The predicted octanol–water partition coefficient (Wildman–Crippen LogP) is 12.9. The maximum Gasteiger partial charge on any atom is 0.0715 e. The Balaban J connectivity index is 1.09. The van der Waals surface area contributed by atoms with E-state index in [0.717, 1.165) is 28.1 Å². The summed E-state index contributed by atoms with van der Waals surface area (Å²) in [7, 11) is 0. The van der Waals surface area contributed by atoms with Gasteiger partial charge in [0.25, 0.3) is 0 Å². The average molecular weight is 626 g/mol. The van der Waals surface area contributed by atoms with E-state index in [9.17, 15) is 0 Å². The lowest BCUT2D eigenvalue weighted by molar-refractivity contribution is 0.666. The Morgan fingerprint density at radius 1 is 0.388 bits per heavy atom. The van der Waals surface area contributed by atoms with Gasteiger partial charge in [-0.3, -0.25) is 0 Å². The first kappa shape index (κ1) is 29.1. The molecule has 0 aliphatic heterocycles. The number of benzene rings is 7. The van der Waals surface area contributed by atoms with Gasteiger partial charge >= 0.3 is 0 Å². The van der Waals surface area contributed by atoms with Crippen LogP contribution < -0.4 is 0 Å². The third-order valence-electron chi connectivity index (χ3n) is 10.3. The Hall–Kier alpha value is -6.05. The first-order valence-corrected chi connectivity index (χ1v) is 17.0. The van der Waals surface area contributed by atoms with E-state index in [4.69, 9.17) is 4.98 Å². The molecule has 8 aromatic rings. The number of aromatic nitrogens is 1. The third-order valence-corrected chi connectivity index (χ3v) is 10.3. The lowest BCUT2D eigenvalue weighted by Gasteiger charge is -2.24. The number of hydrogen-bond donors (Lipinski definition) is 0. The number of hydrogen-bond acceptors (Lipinski definition) is 1. The molecule has 49 heavy (non-hydrogen) atoms. The van der Waals surface area contributed by atoms with Gasteiger partial charge in [0, 0.05) is 16.5 Å². The van der Waals surface area contributed by atoms with Crippen LogP contribution in [0.3, 0.4) is 0 Å². The molecular formula is C48H35N. The Morgan fingerprint density at radius 2 is 0.878 bits per heavy atom. The van der Waals surface area contributed by atoms with Crippen LogP contribution in [0.1, 0.15) is 25.0 Å². The van der Waals surface area contributed by atoms with E-state index < -0.39 is 0 Å². The molecule has 1 nitrogen and oxygen atoms in total. The number of pyridine rings is 1. The van der Waals surface area contributed by atoms with Crippen molar-refractivity contribution in [1.29, 1.82) is 0 Å². The van der Waals surface area contributed by atoms with E-state index in [-0.39, 0.29) is 5.41 Å². The maximum atomic E-state index is 5.06. The van der Waals surface area contributed by atoms with Crippen LogP contribution in [0.4, 0.5) is 0 Å². The molecule has 0 N–H and O–H groups in total. The summed E-state index contributed by atoms with van der Waals surface area (Å²) in [5.74, 6) is 0. The fourth-order valence-electron chi connectivity index (χ4n) is 7.79. The van der Waals surface area contributed by atoms with Gasteiger partial charge in [0.05, 0.1) is 11.4 Å². The molecule has 1 heterocycles. The zero-order chi connectivity index (χ0) is 33.0. The fourth-order valence-corrected chi connectivity index (χ4v) is 7.79. The minimum Gasteiger partial charge on any atom is -0.248 e. The minimum absolute atomic E-state index is 0.0677. The number of rotatable bonds is 5. The normalized spacial score (nSPS) is 12.9. The van der Waals surface area contributed by atoms with Crippen molar-refractivity contribution in [2.24, 2.45) is 0 Å². The molecule has 0 fully saturated rings. The summed E-state index contributed by atoms with van der Waals surface area (Å²) in [4.78, 5) is 5.06. The van der Waals surface area contributed by atoms with Crippen LogP contribution in [0.5, 0.6) is 0 Å². The molecule has 1 aromatic heterocycles. The first-order chi connectivity index (χ1) is 24.0. The molecular weight excluding hydrogens is 591 g/mol. The van der Waals surface area contributed by atoms with Crippen LogP contribution in [0.25, 0.3) is 77.8 Å². The Labute approximate surface area is 288 Å². The molecule has 1 heteroatoms. The zero-order valence-corrected chi connectivity index (χ0v) is 27.7. The van der Waals surface area contributed by atoms with Crippen LogP contribution >= 0.6 is 0 Å². The van der Waals surface area contributed by atoms with E-state index in [1.807, 2.05) is 12.1 Å². The maximum absolute atomic E-state index is 5.06. The van der Waals surface area contributed by atoms with Crippen LogP contribution in [-0.4, -0.2) is 4.98 Å². The lowest BCUT2D eigenvalue weighted by Crippen LogP contribution is -2.15. The van der Waals surface area contributed by atoms with Crippen molar-refractivity contribution in [2.75, 3.05) is 0 Å². The highest BCUT2D eigenvalue weighted by Gasteiger charge is 2.38. The van der Waals surface area contributed by atoms with Crippen molar-refractivity contribution in [2.45, 2.75) is 19.3 Å². The van der Waals surface area contributed by atoms with Crippen molar-refractivity contribution >= 4 is 10.8 Å². The second-order valence-electron chi connectivity index (χ2n) is 13.6. The van der Waals surface area contributed by atoms with Gasteiger partial charge in [0.1, 0.15) is 0 Å². The molecule has 7 aromatic carbocycles. The van der Waals surface area contributed by atoms with Crippen molar-refractivity contribution in [3.8, 4) is 67.0 Å². The quantitative estimate of drug-likeness (QED) is 0.185. The molecule has 1 aliphatic carbocycles. The monoisotopic (exact) mass is 625 g/mol. The van der Waals surface area contributed by atoms with Crippen LogP contribution in [0.15, 0.2) is 176 Å². The highest BCUT2D eigenvalue weighted by Crippen LogP contribution is 2.54. The van der Waals surface area contributed by atoms with Crippen molar-refractivity contribution in [3.63, 3.8) is 0 Å². The summed E-state index contributed by atoms with van der Waals surface area (Å²) in [6.07, 6.45) is 0. The van der Waals surface area contributed by atoms with Gasteiger partial charge in [0.2, 0.25) is 0 Å². The molecule has 9 rings (SSSR count). The molecule has 0 spiro atoms. The Morgan fingerprint density at radius 3 is 1.49 bits per heavy atom. The van der Waals surface area contributed by atoms with Crippen molar-refractivity contribution in [3.05, 3.63) is 187 Å². The van der Waals surface area contributed by atoms with Gasteiger partial charge in [-0.15, -0.1) is 0 Å². The summed E-state index contributed by atoms with van der Waals surface area (Å²) >= 11 is 0. The summed E-state index contributed by atoms with van der Waals surface area (Å²) < 4.78 is 0. The molecule has 1 aliphatic rings. The topological polar surface area (TPSA) is 12.9 Å². The number of nitrogens with zero attached hydrogens (tertiary/aromatic N) is 1. The van der Waals surface area contributed by atoms with E-state index in [2.05, 4.69) is 178 Å². The standard InChI is InChI=1S/C48H35N/c1-48(2)43-20-12-11-19-41(43)46-42(29-38-17-9-10-18-40(38)47(46)48)35-27-25-33(26-28-35)32-21-23-34(24-22-32)39-30-44(36-13-5-3-6-14-36)49-45(31-39)37-15-7-4-8-16-37/h3-31H,1-2H3. The lowest BCUT2D eigenvalue weighted by atomic mass is 9.79. The van der Waals surface area contributed by atoms with Gasteiger partial charge < -0.3 is 0 Å². The van der Waals surface area contributed by atoms with Crippen molar-refractivity contribution in [1.82, 2.24) is 4.98 Å². The highest BCUT2D eigenvalue weighted by molar-refractivity contribution is 6.04. The minimum atomic E-state index is -0.0677. The molecule has 0 unspecified atom stereocenters. The SMILES string of the molecule is CC1(C)c2ccccc2-c2c(-c3ccc(-c4ccc(-c5cc(-c6ccccc6)nc(-c6ccccc6)c5)cc4)cc3)cc3ccccc3c21. The van der Waals surface area contributed by atoms with E-state index >= 15 is 0 Å². The van der Waals surface area contributed by atoms with Gasteiger partial charge in [-0.05, 0) is 84.6 Å². The molecule has 0 saturated heterocycles. The van der Waals surface area contributed by atoms with Crippen molar-refractivity contribution < 1.29 is 0 Å². The Bertz CT molecular complexity index is 2410. The van der Waals surface area contributed by atoms with Gasteiger partial charge in [-0.1, -0.05) is 172 Å². The predicted molar refractivity (Wildman–Crippen MR) is 206 cm³/mol. The summed E-state index contributed by atoms with van der Waals surface area (Å²) in [5.41, 5.74) is 16.9. The largest absolute Gasteiger partial charge is 0.248 e. The van der Waals surface area contributed by atoms with Crippen LogP contribution in [0, 0.1) is 0 Å². The molecule has 0 amide bonds. The smallest absolute Gasteiger partial charge is 0.0715 e. The molecule has 0 bridgehead atoms. The summed E-state index contributed by atoms with van der Waals surface area (Å²) in [6, 6.07) is 63.5. The van der Waals surface area contributed by atoms with E-state index in [0.29, 0.717) is 0 Å². The van der Waals surface area contributed by atoms with Gasteiger partial charge in [0.15, 0.2) is 0 Å². The Kier molecular flexibility index (Phi) is 6.88. The van der Waals surface area contributed by atoms with E-state index in [1.54, 1.807) is 0 Å². The molecule has 232 valence electrons. The molecule has 0 atom stereocenters. The fraction of sp³-hybridized carbons (Fsp3) is 0.0625. The van der Waals surface area contributed by atoms with Crippen LogP contribution in [0.2, 0.25) is 0 Å². The first-order valence-electron chi connectivity index (χ1n) is 17.0. The average Bonchev–Trinajstić information content (AvgIpc) is 3.42. The molecule has 0 saturated carbocycles. The summed E-state index contributed by atoms with van der Waals surface area (Å²) in [5, 5.41) is 2.64. The van der Waals surface area contributed by atoms with Gasteiger partial charge in [-0.2, -0.15) is 0 Å².